The number of thiophene rings is 1. The maximum atomic E-state index is 12.1. The van der Waals surface area contributed by atoms with Crippen molar-refractivity contribution < 1.29 is 19.2 Å². The van der Waals surface area contributed by atoms with Crippen molar-refractivity contribution in [2.24, 2.45) is 0 Å². The number of nitrogens with one attached hydrogen (secondary N) is 1. The molecule has 2 aromatic rings. The van der Waals surface area contributed by atoms with Crippen LogP contribution in [0.2, 0.25) is 4.34 Å². The van der Waals surface area contributed by atoms with Gasteiger partial charge >= 0.3 is 0 Å². The quantitative estimate of drug-likeness (QED) is 0.890. The molecular formula is C14H15ClN2O4S. The number of carbonyl (C=O) groups is 1. The normalized spacial score (nSPS) is 17.4. The molecule has 0 bridgehead atoms. The monoisotopic (exact) mass is 342 g/mol. The molecule has 1 aliphatic rings. The van der Waals surface area contributed by atoms with E-state index in [0.717, 1.165) is 4.88 Å². The maximum Gasteiger partial charge on any atom is 0.273 e. The Morgan fingerprint density at radius 2 is 2.23 bits per heavy atom. The highest BCUT2D eigenvalue weighted by Crippen LogP contribution is 2.31. The van der Waals surface area contributed by atoms with Crippen LogP contribution in [0.3, 0.4) is 0 Å². The summed E-state index contributed by atoms with van der Waals surface area (Å²) >= 11 is 7.22. The third kappa shape index (κ3) is 3.49. The number of aliphatic hydroxyl groups is 1. The zero-order valence-corrected chi connectivity index (χ0v) is 13.2. The van der Waals surface area contributed by atoms with Gasteiger partial charge in [-0.15, -0.1) is 11.3 Å². The molecule has 0 atom stereocenters. The standard InChI is InChI=1S/C14H15ClN2O4S/c15-12-2-1-11(22-12)10-7-9(17-21-10)13(18)16-8-14(19)3-5-20-6-4-14/h1-2,7,19H,3-6,8H2,(H,16,18). The lowest BCUT2D eigenvalue weighted by atomic mass is 9.94. The summed E-state index contributed by atoms with van der Waals surface area (Å²) in [6.45, 7) is 1.17. The fraction of sp³-hybridized carbons (Fsp3) is 0.429. The summed E-state index contributed by atoms with van der Waals surface area (Å²) in [6.07, 6.45) is 1.01. The van der Waals surface area contributed by atoms with Crippen molar-refractivity contribution in [3.05, 3.63) is 28.2 Å². The minimum atomic E-state index is -0.915. The number of ether oxygens (including phenoxy) is 1. The summed E-state index contributed by atoms with van der Waals surface area (Å²) in [7, 11) is 0. The molecule has 2 N–H and O–H groups in total. The molecule has 0 radical (unpaired) electrons. The molecule has 3 heterocycles. The smallest absolute Gasteiger partial charge is 0.273 e. The minimum absolute atomic E-state index is 0.169. The second-order valence-corrected chi connectivity index (χ2v) is 6.91. The van der Waals surface area contributed by atoms with Crippen LogP contribution in [0.25, 0.3) is 10.6 Å². The Morgan fingerprint density at radius 1 is 1.45 bits per heavy atom. The van der Waals surface area contributed by atoms with E-state index in [1.807, 2.05) is 0 Å². The highest BCUT2D eigenvalue weighted by atomic mass is 35.5. The van der Waals surface area contributed by atoms with Crippen LogP contribution < -0.4 is 5.32 Å². The summed E-state index contributed by atoms with van der Waals surface area (Å²) in [5.41, 5.74) is -0.739. The highest BCUT2D eigenvalue weighted by Gasteiger charge is 2.30. The Balaban J connectivity index is 1.62. The van der Waals surface area contributed by atoms with Gasteiger partial charge in [0.25, 0.3) is 5.91 Å². The number of amides is 1. The molecule has 6 nitrogen and oxygen atoms in total. The largest absolute Gasteiger partial charge is 0.388 e. The van der Waals surface area contributed by atoms with Crippen LogP contribution in [0.4, 0.5) is 0 Å². The number of hydrogen-bond acceptors (Lipinski definition) is 6. The summed E-state index contributed by atoms with van der Waals surface area (Å²) in [5.74, 6) is 0.115. The second-order valence-electron chi connectivity index (χ2n) is 5.20. The van der Waals surface area contributed by atoms with Gasteiger partial charge in [-0.1, -0.05) is 16.8 Å². The first-order valence-electron chi connectivity index (χ1n) is 6.86. The van der Waals surface area contributed by atoms with Crippen molar-refractivity contribution in [1.29, 1.82) is 0 Å². The van der Waals surface area contributed by atoms with E-state index in [4.69, 9.17) is 20.9 Å². The third-order valence-electron chi connectivity index (χ3n) is 3.56. The number of carbonyl (C=O) groups excluding carboxylic acids is 1. The maximum absolute atomic E-state index is 12.1. The van der Waals surface area contributed by atoms with Gasteiger partial charge < -0.3 is 19.7 Å². The molecule has 1 aliphatic heterocycles. The fourth-order valence-electron chi connectivity index (χ4n) is 2.21. The predicted molar refractivity (Wildman–Crippen MR) is 82.2 cm³/mol. The van der Waals surface area contributed by atoms with E-state index in [0.29, 0.717) is 36.2 Å². The van der Waals surface area contributed by atoms with Gasteiger partial charge in [-0.25, -0.2) is 0 Å². The van der Waals surface area contributed by atoms with Gasteiger partial charge in [-0.05, 0) is 12.1 Å². The molecular weight excluding hydrogens is 328 g/mol. The van der Waals surface area contributed by atoms with Crippen molar-refractivity contribution in [3.63, 3.8) is 0 Å². The van der Waals surface area contributed by atoms with E-state index >= 15 is 0 Å². The molecule has 0 saturated carbocycles. The zero-order chi connectivity index (χ0) is 15.6. The molecule has 22 heavy (non-hydrogen) atoms. The predicted octanol–water partition coefficient (Wildman–Crippen LogP) is 2.33. The van der Waals surface area contributed by atoms with Crippen LogP contribution in [0.15, 0.2) is 22.7 Å². The molecule has 3 rings (SSSR count). The fourth-order valence-corrected chi connectivity index (χ4v) is 3.20. The molecule has 0 aliphatic carbocycles. The number of hydrogen-bond donors (Lipinski definition) is 2. The molecule has 1 saturated heterocycles. The summed E-state index contributed by atoms with van der Waals surface area (Å²) in [6, 6.07) is 5.12. The molecule has 2 aromatic heterocycles. The third-order valence-corrected chi connectivity index (χ3v) is 4.81. The van der Waals surface area contributed by atoms with E-state index in [1.54, 1.807) is 18.2 Å². The first-order chi connectivity index (χ1) is 10.6. The first kappa shape index (κ1) is 15.5. The van der Waals surface area contributed by atoms with Crippen LogP contribution >= 0.6 is 22.9 Å². The molecule has 0 aromatic carbocycles. The van der Waals surface area contributed by atoms with E-state index in [1.165, 1.54) is 11.3 Å². The van der Waals surface area contributed by atoms with Crippen molar-refractivity contribution in [2.75, 3.05) is 19.8 Å². The van der Waals surface area contributed by atoms with E-state index < -0.39 is 5.60 Å². The topological polar surface area (TPSA) is 84.6 Å². The second kappa shape index (κ2) is 6.37. The van der Waals surface area contributed by atoms with Gasteiger partial charge in [0.1, 0.15) is 0 Å². The van der Waals surface area contributed by atoms with Crippen LogP contribution in [-0.2, 0) is 4.74 Å². The zero-order valence-electron chi connectivity index (χ0n) is 11.7. The van der Waals surface area contributed by atoms with Crippen molar-refractivity contribution in [3.8, 4) is 10.6 Å². The van der Waals surface area contributed by atoms with E-state index in [2.05, 4.69) is 10.5 Å². The molecule has 1 amide bonds. The van der Waals surface area contributed by atoms with Gasteiger partial charge in [-0.3, -0.25) is 4.79 Å². The lowest BCUT2D eigenvalue weighted by Gasteiger charge is -2.31. The average Bonchev–Trinajstić information content (AvgIpc) is 3.14. The molecule has 0 spiro atoms. The molecule has 0 unspecified atom stereocenters. The molecule has 8 heteroatoms. The van der Waals surface area contributed by atoms with Gasteiger partial charge in [0.15, 0.2) is 11.5 Å². The number of aromatic nitrogens is 1. The Morgan fingerprint density at radius 3 is 2.91 bits per heavy atom. The van der Waals surface area contributed by atoms with Gasteiger partial charge in [0.05, 0.1) is 14.8 Å². The van der Waals surface area contributed by atoms with Crippen molar-refractivity contribution >= 4 is 28.8 Å². The highest BCUT2D eigenvalue weighted by molar-refractivity contribution is 7.19. The lowest BCUT2D eigenvalue weighted by Crippen LogP contribution is -2.46. The van der Waals surface area contributed by atoms with Crippen LogP contribution in [0.5, 0.6) is 0 Å². The van der Waals surface area contributed by atoms with E-state index in [9.17, 15) is 9.90 Å². The van der Waals surface area contributed by atoms with Crippen LogP contribution in [0.1, 0.15) is 23.3 Å². The minimum Gasteiger partial charge on any atom is -0.388 e. The SMILES string of the molecule is O=C(NCC1(O)CCOCC1)c1cc(-c2ccc(Cl)s2)on1. The Labute approximate surface area is 136 Å². The van der Waals surface area contributed by atoms with Crippen molar-refractivity contribution in [2.45, 2.75) is 18.4 Å². The van der Waals surface area contributed by atoms with Crippen LogP contribution in [0, 0.1) is 0 Å². The Hall–Kier alpha value is -1.41. The van der Waals surface area contributed by atoms with Crippen LogP contribution in [-0.4, -0.2) is 41.5 Å². The Bertz CT molecular complexity index is 663. The number of nitrogens with zero attached hydrogens (tertiary/aromatic N) is 1. The van der Waals surface area contributed by atoms with Gasteiger partial charge in [-0.2, -0.15) is 0 Å². The summed E-state index contributed by atoms with van der Waals surface area (Å²) in [5, 5.41) is 16.7. The van der Waals surface area contributed by atoms with Crippen molar-refractivity contribution in [1.82, 2.24) is 10.5 Å². The molecule has 118 valence electrons. The molecule has 1 fully saturated rings. The summed E-state index contributed by atoms with van der Waals surface area (Å²) < 4.78 is 11.0. The number of halogens is 1. The van der Waals surface area contributed by atoms with Gasteiger partial charge in [0, 0.05) is 38.7 Å². The summed E-state index contributed by atoms with van der Waals surface area (Å²) in [4.78, 5) is 12.9. The Kier molecular flexibility index (Phi) is 4.49. The first-order valence-corrected chi connectivity index (χ1v) is 8.06. The number of rotatable bonds is 4. The lowest BCUT2D eigenvalue weighted by molar-refractivity contribution is -0.0605. The van der Waals surface area contributed by atoms with E-state index in [-0.39, 0.29) is 18.1 Å². The average molecular weight is 343 g/mol. The van der Waals surface area contributed by atoms with Gasteiger partial charge in [0.2, 0.25) is 0 Å².